The van der Waals surface area contributed by atoms with E-state index in [4.69, 9.17) is 4.74 Å². The van der Waals surface area contributed by atoms with Gasteiger partial charge in [0.15, 0.2) is 5.78 Å². The molecule has 0 saturated carbocycles. The van der Waals surface area contributed by atoms with E-state index in [-0.39, 0.29) is 5.78 Å². The number of ether oxygens (including phenoxy) is 1. The number of nitrogens with zero attached hydrogens (tertiary/aromatic N) is 2. The Morgan fingerprint density at radius 1 is 1.42 bits per heavy atom. The lowest BCUT2D eigenvalue weighted by Crippen LogP contribution is -2.38. The first-order valence-corrected chi connectivity index (χ1v) is 7.13. The number of Topliss-reactive ketones (excluding diaryl/α,β-unsaturated/α-hetero) is 1. The number of carbonyl (C=O) groups excluding carboxylic acids is 1. The molecule has 0 aliphatic carbocycles. The maximum absolute atomic E-state index is 12.2. The highest BCUT2D eigenvalue weighted by atomic mass is 16.5. The summed E-state index contributed by atoms with van der Waals surface area (Å²) in [5.41, 5.74) is 0.132. The van der Waals surface area contributed by atoms with Gasteiger partial charge in [0.2, 0.25) is 0 Å². The minimum atomic E-state index is -0.696. The Morgan fingerprint density at radius 3 is 2.53 bits per heavy atom. The lowest BCUT2D eigenvalue weighted by Gasteiger charge is -2.24. The second kappa shape index (κ2) is 6.85. The fourth-order valence-electron chi connectivity index (χ4n) is 2.14. The molecule has 0 fully saturated rings. The molecule has 19 heavy (non-hydrogen) atoms. The Bertz CT molecular complexity index is 404. The van der Waals surface area contributed by atoms with Gasteiger partial charge in [-0.25, -0.2) is 0 Å². The van der Waals surface area contributed by atoms with Crippen molar-refractivity contribution in [3.8, 4) is 0 Å². The summed E-state index contributed by atoms with van der Waals surface area (Å²) in [6.07, 6.45) is 5.09. The van der Waals surface area contributed by atoms with Gasteiger partial charge in [0, 0.05) is 13.3 Å². The normalized spacial score (nSPS) is 14.6. The van der Waals surface area contributed by atoms with Gasteiger partial charge in [-0.2, -0.15) is 5.10 Å². The highest BCUT2D eigenvalue weighted by Gasteiger charge is 2.31. The van der Waals surface area contributed by atoms with Crippen LogP contribution >= 0.6 is 0 Å². The van der Waals surface area contributed by atoms with Crippen molar-refractivity contribution in [2.24, 2.45) is 0 Å². The van der Waals surface area contributed by atoms with E-state index in [0.717, 1.165) is 18.5 Å². The molecule has 1 aromatic heterocycles. The second-order valence-electron chi connectivity index (χ2n) is 5.15. The standard InChI is InChI=1S/C15H26N2O2/c1-6-13(7-2)17-10-9-12(16-17)11-14(18)15(4,8-3)19-5/h9-10,13H,6-8,11H2,1-5H3. The van der Waals surface area contributed by atoms with Crippen LogP contribution < -0.4 is 0 Å². The topological polar surface area (TPSA) is 44.1 Å². The molecule has 0 aliphatic heterocycles. The van der Waals surface area contributed by atoms with Crippen molar-refractivity contribution in [2.45, 2.75) is 65.0 Å². The Kier molecular flexibility index (Phi) is 5.73. The summed E-state index contributed by atoms with van der Waals surface area (Å²) in [6.45, 7) is 8.11. The van der Waals surface area contributed by atoms with Crippen molar-refractivity contribution in [3.05, 3.63) is 18.0 Å². The van der Waals surface area contributed by atoms with Crippen LogP contribution in [0.5, 0.6) is 0 Å². The molecule has 108 valence electrons. The molecule has 0 radical (unpaired) electrons. The molecular formula is C15H26N2O2. The van der Waals surface area contributed by atoms with E-state index in [1.807, 2.05) is 30.8 Å². The van der Waals surface area contributed by atoms with Crippen LogP contribution in [0.1, 0.15) is 58.7 Å². The van der Waals surface area contributed by atoms with Gasteiger partial charge < -0.3 is 4.74 Å². The molecule has 1 unspecified atom stereocenters. The quantitative estimate of drug-likeness (QED) is 0.726. The van der Waals surface area contributed by atoms with E-state index < -0.39 is 5.60 Å². The van der Waals surface area contributed by atoms with Gasteiger partial charge in [-0.15, -0.1) is 0 Å². The van der Waals surface area contributed by atoms with Gasteiger partial charge in [0.25, 0.3) is 0 Å². The number of methoxy groups -OCH3 is 1. The molecule has 4 heteroatoms. The third-order valence-corrected chi connectivity index (χ3v) is 4.04. The van der Waals surface area contributed by atoms with Crippen LogP contribution in [-0.4, -0.2) is 28.3 Å². The fraction of sp³-hybridized carbons (Fsp3) is 0.733. The van der Waals surface area contributed by atoms with Crippen molar-refractivity contribution in [1.82, 2.24) is 9.78 Å². The summed E-state index contributed by atoms with van der Waals surface area (Å²) in [6, 6.07) is 2.35. The predicted octanol–water partition coefficient (Wildman–Crippen LogP) is 3.17. The van der Waals surface area contributed by atoms with Gasteiger partial charge in [-0.05, 0) is 32.3 Å². The summed E-state index contributed by atoms with van der Waals surface area (Å²) >= 11 is 0. The fourth-order valence-corrected chi connectivity index (χ4v) is 2.14. The largest absolute Gasteiger partial charge is 0.371 e. The number of ketones is 1. The SMILES string of the molecule is CCC(CC)n1ccc(CC(=O)C(C)(CC)OC)n1. The molecule has 1 atom stereocenters. The summed E-state index contributed by atoms with van der Waals surface area (Å²) in [4.78, 5) is 12.2. The lowest BCUT2D eigenvalue weighted by atomic mass is 9.94. The van der Waals surface area contributed by atoms with E-state index in [1.165, 1.54) is 0 Å². The van der Waals surface area contributed by atoms with Crippen LogP contribution in [0.25, 0.3) is 0 Å². The third-order valence-electron chi connectivity index (χ3n) is 4.04. The minimum absolute atomic E-state index is 0.0901. The first-order valence-electron chi connectivity index (χ1n) is 7.13. The number of aromatic nitrogens is 2. The zero-order valence-corrected chi connectivity index (χ0v) is 12.8. The van der Waals surface area contributed by atoms with Gasteiger partial charge in [0.05, 0.1) is 18.2 Å². The summed E-state index contributed by atoms with van der Waals surface area (Å²) < 4.78 is 7.30. The van der Waals surface area contributed by atoms with Crippen LogP contribution in [-0.2, 0) is 16.0 Å². The molecule has 0 saturated heterocycles. The average molecular weight is 266 g/mol. The number of rotatable bonds is 8. The van der Waals surface area contributed by atoms with Crippen LogP contribution in [0, 0.1) is 0 Å². The highest BCUT2D eigenvalue weighted by Crippen LogP contribution is 2.19. The van der Waals surface area contributed by atoms with Gasteiger partial charge in [-0.1, -0.05) is 20.8 Å². The first-order chi connectivity index (χ1) is 9.00. The van der Waals surface area contributed by atoms with Gasteiger partial charge in [-0.3, -0.25) is 9.48 Å². The maximum atomic E-state index is 12.2. The monoisotopic (exact) mass is 266 g/mol. The van der Waals surface area contributed by atoms with E-state index in [0.29, 0.717) is 18.9 Å². The highest BCUT2D eigenvalue weighted by molar-refractivity contribution is 5.88. The summed E-state index contributed by atoms with van der Waals surface area (Å²) in [5.74, 6) is 0.0901. The first kappa shape index (κ1) is 15.9. The zero-order valence-electron chi connectivity index (χ0n) is 12.8. The number of hydrogen-bond acceptors (Lipinski definition) is 3. The van der Waals surface area contributed by atoms with Crippen LogP contribution in [0.2, 0.25) is 0 Å². The summed E-state index contributed by atoms with van der Waals surface area (Å²) in [7, 11) is 1.59. The van der Waals surface area contributed by atoms with E-state index in [9.17, 15) is 4.79 Å². The predicted molar refractivity (Wildman–Crippen MR) is 76.3 cm³/mol. The number of hydrogen-bond donors (Lipinski definition) is 0. The van der Waals surface area contributed by atoms with Crippen molar-refractivity contribution in [1.29, 1.82) is 0 Å². The lowest BCUT2D eigenvalue weighted by molar-refractivity contribution is -0.138. The average Bonchev–Trinajstić information content (AvgIpc) is 2.87. The number of carbonyl (C=O) groups is 1. The van der Waals surface area contributed by atoms with Gasteiger partial charge >= 0.3 is 0 Å². The van der Waals surface area contributed by atoms with Crippen molar-refractivity contribution in [2.75, 3.05) is 7.11 Å². The van der Waals surface area contributed by atoms with Crippen molar-refractivity contribution >= 4 is 5.78 Å². The van der Waals surface area contributed by atoms with Crippen molar-refractivity contribution < 1.29 is 9.53 Å². The smallest absolute Gasteiger partial charge is 0.170 e. The van der Waals surface area contributed by atoms with E-state index in [1.54, 1.807) is 7.11 Å². The molecule has 1 aromatic rings. The molecule has 0 amide bonds. The molecular weight excluding hydrogens is 240 g/mol. The second-order valence-corrected chi connectivity index (χ2v) is 5.15. The van der Waals surface area contributed by atoms with E-state index in [2.05, 4.69) is 18.9 Å². The molecule has 0 aromatic carbocycles. The molecule has 0 bridgehead atoms. The van der Waals surface area contributed by atoms with Crippen molar-refractivity contribution in [3.63, 3.8) is 0 Å². The molecule has 0 N–H and O–H groups in total. The van der Waals surface area contributed by atoms with E-state index >= 15 is 0 Å². The molecule has 1 rings (SSSR count). The van der Waals surface area contributed by atoms with Gasteiger partial charge in [0.1, 0.15) is 5.60 Å². The Labute approximate surface area is 116 Å². The van der Waals surface area contributed by atoms with Crippen LogP contribution in [0.15, 0.2) is 12.3 Å². The Balaban J connectivity index is 2.76. The maximum Gasteiger partial charge on any atom is 0.170 e. The molecule has 4 nitrogen and oxygen atoms in total. The third kappa shape index (κ3) is 3.66. The molecule has 1 heterocycles. The Morgan fingerprint density at radius 2 is 2.05 bits per heavy atom. The zero-order chi connectivity index (χ0) is 14.5. The van der Waals surface area contributed by atoms with Crippen LogP contribution in [0.4, 0.5) is 0 Å². The minimum Gasteiger partial charge on any atom is -0.371 e. The van der Waals surface area contributed by atoms with Crippen LogP contribution in [0.3, 0.4) is 0 Å². The summed E-state index contributed by atoms with van der Waals surface area (Å²) in [5, 5.41) is 4.51. The Hall–Kier alpha value is -1.16. The molecule has 0 spiro atoms. The molecule has 0 aliphatic rings.